The van der Waals surface area contributed by atoms with Crippen LogP contribution in [-0.2, 0) is 14.3 Å². The smallest absolute Gasteiger partial charge is 0.339 e. The summed E-state index contributed by atoms with van der Waals surface area (Å²) in [4.78, 5) is 26.9. The Morgan fingerprint density at radius 1 is 1.30 bits per heavy atom. The quantitative estimate of drug-likeness (QED) is 0.798. The third-order valence-corrected chi connectivity index (χ3v) is 3.36. The summed E-state index contributed by atoms with van der Waals surface area (Å²) in [5.74, 6) is -0.659. The molecule has 1 saturated heterocycles. The molecule has 1 heterocycles. The highest BCUT2D eigenvalue weighted by molar-refractivity contribution is 5.95. The van der Waals surface area contributed by atoms with Crippen LogP contribution in [0.4, 0.5) is 5.69 Å². The monoisotopic (exact) mass is 278 g/mol. The summed E-state index contributed by atoms with van der Waals surface area (Å²) < 4.78 is 4.48. The van der Waals surface area contributed by atoms with Gasteiger partial charge in [-0.3, -0.25) is 9.69 Å². The molecule has 1 unspecified atom stereocenters. The second-order valence-electron chi connectivity index (χ2n) is 4.80. The number of aliphatic hydroxyl groups excluding tert-OH is 1. The van der Waals surface area contributed by atoms with Gasteiger partial charge in [0, 0.05) is 18.8 Å². The van der Waals surface area contributed by atoms with E-state index in [0.29, 0.717) is 18.7 Å². The number of rotatable bonds is 3. The maximum Gasteiger partial charge on any atom is 0.339 e. The van der Waals surface area contributed by atoms with E-state index in [0.717, 1.165) is 12.2 Å². The highest BCUT2D eigenvalue weighted by Gasteiger charge is 2.23. The number of likely N-dealkylation sites (N-methyl/N-ethyl adjacent to an activating group) is 1. The number of hydrogen-bond donors (Lipinski definition) is 1. The lowest BCUT2D eigenvalue weighted by atomic mass is 10.1. The van der Waals surface area contributed by atoms with Gasteiger partial charge in [0.15, 0.2) is 6.10 Å². The van der Waals surface area contributed by atoms with E-state index in [9.17, 15) is 14.7 Å². The topological polar surface area (TPSA) is 70.1 Å². The molecule has 2 rings (SSSR count). The van der Waals surface area contributed by atoms with Crippen molar-refractivity contribution < 1.29 is 19.4 Å². The van der Waals surface area contributed by atoms with Crippen molar-refractivity contribution in [1.82, 2.24) is 4.90 Å². The first kappa shape index (κ1) is 14.5. The third-order valence-electron chi connectivity index (χ3n) is 3.36. The fourth-order valence-corrected chi connectivity index (χ4v) is 2.15. The fraction of sp³-hybridized carbons (Fsp3) is 0.429. The molecule has 1 fully saturated rings. The molecule has 0 saturated carbocycles. The lowest BCUT2D eigenvalue weighted by Crippen LogP contribution is -2.48. The van der Waals surface area contributed by atoms with E-state index < -0.39 is 12.1 Å². The van der Waals surface area contributed by atoms with Gasteiger partial charge in [-0.2, -0.15) is 0 Å². The van der Waals surface area contributed by atoms with Gasteiger partial charge >= 0.3 is 5.97 Å². The molecule has 0 aliphatic carbocycles. The van der Waals surface area contributed by atoms with Crippen molar-refractivity contribution in [3.05, 3.63) is 29.8 Å². The molecular formula is C14H18N2O4. The third kappa shape index (κ3) is 2.97. The Morgan fingerprint density at radius 2 is 1.95 bits per heavy atom. The minimum Gasteiger partial charge on any atom is -0.467 e. The Balaban J connectivity index is 2.12. The number of nitrogens with zero attached hydrogens (tertiary/aromatic N) is 2. The van der Waals surface area contributed by atoms with E-state index in [1.807, 2.05) is 11.9 Å². The number of benzene rings is 1. The minimum absolute atomic E-state index is 0.0417. The van der Waals surface area contributed by atoms with Crippen LogP contribution < -0.4 is 4.90 Å². The van der Waals surface area contributed by atoms with Gasteiger partial charge in [-0.05, 0) is 24.7 Å². The molecule has 1 aliphatic heterocycles. The summed E-state index contributed by atoms with van der Waals surface area (Å²) in [5, 5.41) is 9.72. The van der Waals surface area contributed by atoms with Crippen LogP contribution >= 0.6 is 0 Å². The summed E-state index contributed by atoms with van der Waals surface area (Å²) in [6, 6.07) is 6.71. The number of methoxy groups -OCH3 is 1. The highest BCUT2D eigenvalue weighted by Crippen LogP contribution is 2.21. The van der Waals surface area contributed by atoms with E-state index in [2.05, 4.69) is 4.74 Å². The maximum atomic E-state index is 11.9. The van der Waals surface area contributed by atoms with Gasteiger partial charge in [-0.25, -0.2) is 4.79 Å². The average Bonchev–Trinajstić information content (AvgIpc) is 2.46. The minimum atomic E-state index is -1.29. The van der Waals surface area contributed by atoms with E-state index in [-0.39, 0.29) is 5.91 Å². The van der Waals surface area contributed by atoms with Crippen LogP contribution in [0.15, 0.2) is 24.3 Å². The van der Waals surface area contributed by atoms with Crippen LogP contribution in [0.5, 0.6) is 0 Å². The first-order valence-corrected chi connectivity index (χ1v) is 6.37. The number of amides is 1. The normalized spacial score (nSPS) is 17.9. The van der Waals surface area contributed by atoms with E-state index in [4.69, 9.17) is 0 Å². The van der Waals surface area contributed by atoms with E-state index >= 15 is 0 Å². The van der Waals surface area contributed by atoms with Crippen LogP contribution in [-0.4, -0.2) is 55.7 Å². The summed E-state index contributed by atoms with van der Waals surface area (Å²) in [6.07, 6.45) is -1.29. The van der Waals surface area contributed by atoms with Crippen LogP contribution in [0.25, 0.3) is 0 Å². The molecule has 6 heteroatoms. The molecular weight excluding hydrogens is 260 g/mol. The van der Waals surface area contributed by atoms with Crippen LogP contribution in [0.2, 0.25) is 0 Å². The number of esters is 1. The first-order valence-electron chi connectivity index (χ1n) is 6.37. The van der Waals surface area contributed by atoms with Crippen molar-refractivity contribution in [3.63, 3.8) is 0 Å². The lowest BCUT2D eigenvalue weighted by molar-refractivity contribution is -0.150. The Bertz CT molecular complexity index is 500. The number of piperazine rings is 1. The fourth-order valence-electron chi connectivity index (χ4n) is 2.15. The Kier molecular flexibility index (Phi) is 4.36. The lowest BCUT2D eigenvalue weighted by Gasteiger charge is -2.32. The maximum absolute atomic E-state index is 11.9. The summed E-state index contributed by atoms with van der Waals surface area (Å²) in [7, 11) is 3.13. The average molecular weight is 278 g/mol. The number of ether oxygens (including phenoxy) is 1. The predicted octanol–water partition coefficient (Wildman–Crippen LogP) is 0.171. The van der Waals surface area contributed by atoms with Crippen molar-refractivity contribution in [2.24, 2.45) is 0 Å². The van der Waals surface area contributed by atoms with Crippen molar-refractivity contribution in [3.8, 4) is 0 Å². The molecule has 20 heavy (non-hydrogen) atoms. The summed E-state index contributed by atoms with van der Waals surface area (Å²) in [5.41, 5.74) is 1.21. The SMILES string of the molecule is COC(=O)C(O)c1ccc(N2CCN(C)CC2=O)cc1. The van der Waals surface area contributed by atoms with Crippen LogP contribution in [0, 0.1) is 0 Å². The Labute approximate surface area is 117 Å². The molecule has 1 atom stereocenters. The molecule has 1 aromatic carbocycles. The molecule has 0 radical (unpaired) electrons. The second-order valence-corrected chi connectivity index (χ2v) is 4.80. The van der Waals surface area contributed by atoms with Gasteiger partial charge in [-0.15, -0.1) is 0 Å². The van der Waals surface area contributed by atoms with E-state index in [1.165, 1.54) is 7.11 Å². The first-order chi connectivity index (χ1) is 9.52. The Morgan fingerprint density at radius 3 is 2.50 bits per heavy atom. The van der Waals surface area contributed by atoms with Crippen molar-refractivity contribution in [2.75, 3.05) is 38.7 Å². The zero-order chi connectivity index (χ0) is 14.7. The molecule has 1 aromatic rings. The highest BCUT2D eigenvalue weighted by atomic mass is 16.5. The van der Waals surface area contributed by atoms with Gasteiger partial charge in [0.2, 0.25) is 5.91 Å². The Hall–Kier alpha value is -1.92. The van der Waals surface area contributed by atoms with Gasteiger partial charge < -0.3 is 14.7 Å². The van der Waals surface area contributed by atoms with Crippen LogP contribution in [0.3, 0.4) is 0 Å². The number of carbonyl (C=O) groups excluding carboxylic acids is 2. The van der Waals surface area contributed by atoms with Crippen LogP contribution in [0.1, 0.15) is 11.7 Å². The predicted molar refractivity (Wildman–Crippen MR) is 73.3 cm³/mol. The van der Waals surface area contributed by atoms with Gasteiger partial charge in [0.25, 0.3) is 0 Å². The van der Waals surface area contributed by atoms with Gasteiger partial charge in [0.05, 0.1) is 13.7 Å². The molecule has 1 amide bonds. The zero-order valence-electron chi connectivity index (χ0n) is 11.6. The van der Waals surface area contributed by atoms with E-state index in [1.54, 1.807) is 29.2 Å². The number of carbonyl (C=O) groups is 2. The molecule has 108 valence electrons. The molecule has 1 N–H and O–H groups in total. The summed E-state index contributed by atoms with van der Waals surface area (Å²) in [6.45, 7) is 1.85. The summed E-state index contributed by atoms with van der Waals surface area (Å²) >= 11 is 0. The zero-order valence-corrected chi connectivity index (χ0v) is 11.6. The second kappa shape index (κ2) is 6.02. The van der Waals surface area contributed by atoms with Crippen molar-refractivity contribution in [1.29, 1.82) is 0 Å². The number of aliphatic hydroxyl groups is 1. The van der Waals surface area contributed by atoms with Gasteiger partial charge in [0.1, 0.15) is 0 Å². The number of hydrogen-bond acceptors (Lipinski definition) is 5. The van der Waals surface area contributed by atoms with Crippen molar-refractivity contribution >= 4 is 17.6 Å². The molecule has 1 aliphatic rings. The largest absolute Gasteiger partial charge is 0.467 e. The molecule has 0 aromatic heterocycles. The van der Waals surface area contributed by atoms with Crippen molar-refractivity contribution in [2.45, 2.75) is 6.10 Å². The van der Waals surface area contributed by atoms with Gasteiger partial charge in [-0.1, -0.05) is 12.1 Å². The standard InChI is InChI=1S/C14H18N2O4/c1-15-7-8-16(12(17)9-15)11-5-3-10(4-6-11)13(18)14(19)20-2/h3-6,13,18H,7-9H2,1-2H3. The molecule has 0 spiro atoms. The molecule has 0 bridgehead atoms. The number of anilines is 1. The molecule has 6 nitrogen and oxygen atoms in total.